The first-order valence-corrected chi connectivity index (χ1v) is 4.40. The van der Waals surface area contributed by atoms with Crippen LogP contribution in [0.1, 0.15) is 26.3 Å². The lowest BCUT2D eigenvalue weighted by Gasteiger charge is -2.02. The fraction of sp³-hybridized carbons (Fsp3) is 0.364. The maximum Gasteiger partial charge on any atom is 0.123 e. The minimum atomic E-state index is -0.207. The van der Waals surface area contributed by atoms with Gasteiger partial charge in [0.1, 0.15) is 5.82 Å². The number of nitrogens with zero attached hydrogens (tertiary/aromatic N) is 1. The molecule has 0 amide bonds. The Balaban J connectivity index is 2.89. The molecule has 0 aliphatic heterocycles. The highest BCUT2D eigenvalue weighted by Gasteiger charge is 1.98. The molecule has 1 nitrogen and oxygen atoms in total. The third-order valence-electron chi connectivity index (χ3n) is 1.71. The Bertz CT molecular complexity index is 298. The first kappa shape index (κ1) is 9.90. The molecule has 0 heterocycles. The van der Waals surface area contributed by atoms with Crippen LogP contribution in [0, 0.1) is 5.82 Å². The molecule has 0 aromatic heterocycles. The maximum atomic E-state index is 12.6. The van der Waals surface area contributed by atoms with Gasteiger partial charge in [-0.15, -0.1) is 0 Å². The van der Waals surface area contributed by atoms with Crippen LogP contribution in [0.25, 0.3) is 0 Å². The van der Waals surface area contributed by atoms with Crippen molar-refractivity contribution in [3.05, 3.63) is 35.6 Å². The largest absolute Gasteiger partial charge is 0.287 e. The summed E-state index contributed by atoms with van der Waals surface area (Å²) in [6, 6.07) is 6.68. The van der Waals surface area contributed by atoms with Gasteiger partial charge >= 0.3 is 0 Å². The Morgan fingerprint density at radius 1 is 1.23 bits per heavy atom. The van der Waals surface area contributed by atoms with Gasteiger partial charge in [0.05, 0.1) is 0 Å². The van der Waals surface area contributed by atoms with Crippen LogP contribution in [0.3, 0.4) is 0 Å². The van der Waals surface area contributed by atoms with E-state index in [1.807, 2.05) is 20.8 Å². The maximum absolute atomic E-state index is 12.6. The molecule has 0 aliphatic carbocycles. The van der Waals surface area contributed by atoms with Gasteiger partial charge in [-0.05, 0) is 38.5 Å². The Hall–Kier alpha value is -1.18. The Morgan fingerprint density at radius 2 is 1.77 bits per heavy atom. The van der Waals surface area contributed by atoms with Gasteiger partial charge in [-0.25, -0.2) is 4.39 Å². The Morgan fingerprint density at radius 3 is 2.23 bits per heavy atom. The van der Waals surface area contributed by atoms with Gasteiger partial charge in [-0.3, -0.25) is 4.99 Å². The van der Waals surface area contributed by atoms with Crippen molar-refractivity contribution in [3.8, 4) is 0 Å². The van der Waals surface area contributed by atoms with E-state index < -0.39 is 0 Å². The van der Waals surface area contributed by atoms with Crippen LogP contribution in [-0.4, -0.2) is 11.8 Å². The van der Waals surface area contributed by atoms with Crippen molar-refractivity contribution in [1.82, 2.24) is 0 Å². The Labute approximate surface area is 78.3 Å². The predicted molar refractivity (Wildman–Crippen MR) is 53.7 cm³/mol. The normalized spacial score (nSPS) is 12.2. The van der Waals surface area contributed by atoms with Crippen molar-refractivity contribution in [2.45, 2.75) is 26.8 Å². The summed E-state index contributed by atoms with van der Waals surface area (Å²) >= 11 is 0. The second-order valence-corrected chi connectivity index (χ2v) is 3.32. The van der Waals surface area contributed by atoms with E-state index in [9.17, 15) is 4.39 Å². The van der Waals surface area contributed by atoms with Gasteiger partial charge in [0, 0.05) is 11.8 Å². The van der Waals surface area contributed by atoms with E-state index in [0.717, 1.165) is 11.3 Å². The molecule has 0 N–H and O–H groups in total. The highest BCUT2D eigenvalue weighted by molar-refractivity contribution is 5.98. The van der Waals surface area contributed by atoms with Crippen molar-refractivity contribution in [2.24, 2.45) is 4.99 Å². The van der Waals surface area contributed by atoms with Crippen LogP contribution in [-0.2, 0) is 0 Å². The summed E-state index contributed by atoms with van der Waals surface area (Å²) in [5.74, 6) is -0.207. The monoisotopic (exact) mass is 179 g/mol. The molecule has 0 bridgehead atoms. The fourth-order valence-corrected chi connectivity index (χ4v) is 1.15. The summed E-state index contributed by atoms with van der Waals surface area (Å²) in [6.45, 7) is 5.98. The third kappa shape index (κ3) is 2.98. The van der Waals surface area contributed by atoms with Crippen molar-refractivity contribution >= 4 is 5.71 Å². The quantitative estimate of drug-likeness (QED) is 0.619. The van der Waals surface area contributed by atoms with E-state index in [1.54, 1.807) is 12.1 Å². The molecule has 0 fully saturated rings. The van der Waals surface area contributed by atoms with E-state index in [0.29, 0.717) is 0 Å². The van der Waals surface area contributed by atoms with Crippen LogP contribution in [0.15, 0.2) is 29.3 Å². The molecule has 0 atom stereocenters. The van der Waals surface area contributed by atoms with E-state index in [2.05, 4.69) is 4.99 Å². The number of hydrogen-bond acceptors (Lipinski definition) is 1. The second-order valence-electron chi connectivity index (χ2n) is 3.32. The number of benzene rings is 1. The molecule has 0 spiro atoms. The average Bonchev–Trinajstić information content (AvgIpc) is 2.04. The molecule has 0 saturated heterocycles. The van der Waals surface area contributed by atoms with Gasteiger partial charge < -0.3 is 0 Å². The molecule has 1 rings (SSSR count). The zero-order chi connectivity index (χ0) is 9.84. The molecule has 0 radical (unpaired) electrons. The van der Waals surface area contributed by atoms with E-state index in [4.69, 9.17) is 0 Å². The second kappa shape index (κ2) is 4.17. The number of rotatable bonds is 2. The van der Waals surface area contributed by atoms with Crippen LogP contribution >= 0.6 is 0 Å². The first-order chi connectivity index (χ1) is 6.09. The summed E-state index contributed by atoms with van der Waals surface area (Å²) in [4.78, 5) is 4.37. The molecule has 1 aromatic carbocycles. The molecule has 0 saturated carbocycles. The molecule has 0 aliphatic rings. The molecule has 0 unspecified atom stereocenters. The summed E-state index contributed by atoms with van der Waals surface area (Å²) in [7, 11) is 0. The highest BCUT2D eigenvalue weighted by Crippen LogP contribution is 2.05. The van der Waals surface area contributed by atoms with Gasteiger partial charge in [0.2, 0.25) is 0 Å². The lowest BCUT2D eigenvalue weighted by Crippen LogP contribution is -1.99. The van der Waals surface area contributed by atoms with Crippen LogP contribution in [0.4, 0.5) is 4.39 Å². The lowest BCUT2D eigenvalue weighted by atomic mass is 10.1. The van der Waals surface area contributed by atoms with Gasteiger partial charge in [0.25, 0.3) is 0 Å². The van der Waals surface area contributed by atoms with Gasteiger partial charge in [-0.2, -0.15) is 0 Å². The summed E-state index contributed by atoms with van der Waals surface area (Å²) in [5.41, 5.74) is 1.94. The number of aliphatic imine (C=N–C) groups is 1. The fourth-order valence-electron chi connectivity index (χ4n) is 1.15. The van der Waals surface area contributed by atoms with Crippen molar-refractivity contribution in [1.29, 1.82) is 0 Å². The number of halogens is 1. The van der Waals surface area contributed by atoms with Crippen LogP contribution < -0.4 is 0 Å². The summed E-state index contributed by atoms with van der Waals surface area (Å²) < 4.78 is 12.6. The van der Waals surface area contributed by atoms with Crippen LogP contribution in [0.5, 0.6) is 0 Å². The minimum absolute atomic E-state index is 0.207. The predicted octanol–water partition coefficient (Wildman–Crippen LogP) is 3.04. The zero-order valence-corrected chi connectivity index (χ0v) is 8.21. The SMILES string of the molecule is CC(=NC(C)C)c1ccc(F)cc1. The van der Waals surface area contributed by atoms with E-state index in [1.165, 1.54) is 12.1 Å². The smallest absolute Gasteiger partial charge is 0.123 e. The topological polar surface area (TPSA) is 12.4 Å². The zero-order valence-electron chi connectivity index (χ0n) is 8.21. The molecular formula is C11H14FN. The summed E-state index contributed by atoms with van der Waals surface area (Å²) in [5, 5.41) is 0. The molecule has 70 valence electrons. The third-order valence-corrected chi connectivity index (χ3v) is 1.71. The lowest BCUT2D eigenvalue weighted by molar-refractivity contribution is 0.628. The molecule has 1 aromatic rings. The first-order valence-electron chi connectivity index (χ1n) is 4.40. The summed E-state index contributed by atoms with van der Waals surface area (Å²) in [6.07, 6.45) is 0. The molecule has 2 heteroatoms. The van der Waals surface area contributed by atoms with Gasteiger partial charge in [0.15, 0.2) is 0 Å². The number of hydrogen-bond donors (Lipinski definition) is 0. The van der Waals surface area contributed by atoms with E-state index >= 15 is 0 Å². The standard InChI is InChI=1S/C11H14FN/c1-8(2)13-9(3)10-4-6-11(12)7-5-10/h4-8H,1-3H3. The van der Waals surface area contributed by atoms with Crippen molar-refractivity contribution < 1.29 is 4.39 Å². The molecule has 13 heavy (non-hydrogen) atoms. The van der Waals surface area contributed by atoms with Crippen LogP contribution in [0.2, 0.25) is 0 Å². The average molecular weight is 179 g/mol. The van der Waals surface area contributed by atoms with Crippen molar-refractivity contribution in [2.75, 3.05) is 0 Å². The molecular weight excluding hydrogens is 165 g/mol. The van der Waals surface area contributed by atoms with Gasteiger partial charge in [-0.1, -0.05) is 12.1 Å². The highest BCUT2D eigenvalue weighted by atomic mass is 19.1. The van der Waals surface area contributed by atoms with E-state index in [-0.39, 0.29) is 11.9 Å². The van der Waals surface area contributed by atoms with Crippen molar-refractivity contribution in [3.63, 3.8) is 0 Å². The Kier molecular flexibility index (Phi) is 3.18. The minimum Gasteiger partial charge on any atom is -0.287 e.